The van der Waals surface area contributed by atoms with E-state index >= 15 is 0 Å². The molecule has 1 aromatic heterocycles. The Morgan fingerprint density at radius 3 is 2.50 bits per heavy atom. The molecule has 0 aliphatic carbocycles. The zero-order valence-electron chi connectivity index (χ0n) is 15.0. The summed E-state index contributed by atoms with van der Waals surface area (Å²) in [6.45, 7) is 0. The molecule has 2 N–H and O–H groups in total. The van der Waals surface area contributed by atoms with Crippen LogP contribution < -0.4 is 4.74 Å². The molecule has 0 aliphatic rings. The molecule has 3 rings (SSSR count). The van der Waals surface area contributed by atoms with Gasteiger partial charge in [-0.1, -0.05) is 36.4 Å². The molecule has 0 bridgehead atoms. The molecule has 0 saturated carbocycles. The lowest BCUT2D eigenvalue weighted by molar-refractivity contribution is -0.136. The summed E-state index contributed by atoms with van der Waals surface area (Å²) in [5.41, 5.74) is 1.29. The van der Waals surface area contributed by atoms with Gasteiger partial charge in [-0.3, -0.25) is 9.59 Å². The van der Waals surface area contributed by atoms with Crippen molar-refractivity contribution in [1.29, 1.82) is 5.26 Å². The minimum Gasteiger partial charge on any atom is -0.504 e. The lowest BCUT2D eigenvalue weighted by atomic mass is 9.97. The lowest BCUT2D eigenvalue weighted by Crippen LogP contribution is -2.08. The Balaban J connectivity index is 2.29. The first-order chi connectivity index (χ1) is 13.5. The Bertz CT molecular complexity index is 1130. The van der Waals surface area contributed by atoms with Crippen LogP contribution in [0.2, 0.25) is 0 Å². The van der Waals surface area contributed by atoms with Crippen molar-refractivity contribution >= 4 is 22.7 Å². The van der Waals surface area contributed by atoms with Crippen molar-refractivity contribution in [1.82, 2.24) is 4.98 Å². The average molecular weight is 376 g/mol. The quantitative estimate of drug-likeness (QED) is 0.631. The summed E-state index contributed by atoms with van der Waals surface area (Å²) in [6, 6.07) is 14.3. The van der Waals surface area contributed by atoms with Crippen LogP contribution in [0, 0.1) is 11.3 Å². The van der Waals surface area contributed by atoms with Gasteiger partial charge < -0.3 is 14.9 Å². The summed E-state index contributed by atoms with van der Waals surface area (Å²) in [5, 5.41) is 29.1. The minimum absolute atomic E-state index is 0.0829. The van der Waals surface area contributed by atoms with Gasteiger partial charge in [0.05, 0.1) is 19.0 Å². The first-order valence-corrected chi connectivity index (χ1v) is 8.42. The topological polar surface area (TPSA) is 121 Å². The van der Waals surface area contributed by atoms with Gasteiger partial charge in [0.25, 0.3) is 0 Å². The molecule has 0 saturated heterocycles. The van der Waals surface area contributed by atoms with E-state index in [2.05, 4.69) is 4.98 Å². The number of ether oxygens (including phenoxy) is 1. The number of nitriles is 1. The van der Waals surface area contributed by atoms with E-state index in [0.717, 1.165) is 0 Å². The van der Waals surface area contributed by atoms with Gasteiger partial charge in [-0.05, 0) is 6.07 Å². The maximum atomic E-state index is 12.4. The average Bonchev–Trinajstić information content (AvgIpc) is 2.71. The third-order valence-corrected chi connectivity index (χ3v) is 4.33. The van der Waals surface area contributed by atoms with E-state index in [1.165, 1.54) is 7.11 Å². The first-order valence-electron chi connectivity index (χ1n) is 8.42. The number of pyridine rings is 1. The van der Waals surface area contributed by atoms with Crippen molar-refractivity contribution in [2.75, 3.05) is 7.11 Å². The Hall–Kier alpha value is -3.92. The van der Waals surface area contributed by atoms with Gasteiger partial charge in [-0.15, -0.1) is 0 Å². The molecule has 7 nitrogen and oxygen atoms in total. The van der Waals surface area contributed by atoms with E-state index in [1.54, 1.807) is 24.3 Å². The van der Waals surface area contributed by atoms with Crippen LogP contribution in [0.4, 0.5) is 0 Å². The normalized spacial score (nSPS) is 10.4. The predicted molar refractivity (Wildman–Crippen MR) is 101 cm³/mol. The number of carbonyl (C=O) groups excluding carboxylic acids is 1. The zero-order valence-corrected chi connectivity index (χ0v) is 15.0. The van der Waals surface area contributed by atoms with Crippen molar-refractivity contribution in [2.24, 2.45) is 0 Å². The van der Waals surface area contributed by atoms with Crippen LogP contribution in [-0.2, 0) is 4.79 Å². The second-order valence-electron chi connectivity index (χ2n) is 6.01. The molecule has 1 heterocycles. The molecule has 3 aromatic rings. The number of benzene rings is 2. The minimum atomic E-state index is -1.14. The number of aromatic nitrogens is 1. The fourth-order valence-corrected chi connectivity index (χ4v) is 3.01. The first kappa shape index (κ1) is 18.9. The number of carboxylic acid groups (broad SMARTS) is 1. The molecule has 0 fully saturated rings. The molecule has 0 aliphatic heterocycles. The highest BCUT2D eigenvalue weighted by atomic mass is 16.5. The summed E-state index contributed by atoms with van der Waals surface area (Å²) in [6.07, 6.45) is -0.725. The van der Waals surface area contributed by atoms with Crippen molar-refractivity contribution in [2.45, 2.75) is 12.8 Å². The molecule has 2 aromatic carbocycles. The fraction of sp³-hybridized carbons (Fsp3) is 0.143. The van der Waals surface area contributed by atoms with Crippen LogP contribution in [0.1, 0.15) is 28.9 Å². The van der Waals surface area contributed by atoms with Gasteiger partial charge in [-0.2, -0.15) is 5.26 Å². The number of aromatic hydroxyl groups is 1. The van der Waals surface area contributed by atoms with E-state index in [-0.39, 0.29) is 17.7 Å². The monoisotopic (exact) mass is 376 g/mol. The van der Waals surface area contributed by atoms with E-state index in [4.69, 9.17) is 9.84 Å². The second-order valence-corrected chi connectivity index (χ2v) is 6.01. The summed E-state index contributed by atoms with van der Waals surface area (Å²) >= 11 is 0. The number of carboxylic acids is 1. The van der Waals surface area contributed by atoms with Crippen LogP contribution in [0.15, 0.2) is 42.5 Å². The standard InChI is InChI=1S/C21H16N2O5/c1-28-17-8-3-2-5-12(17)13-6-4-7-14-15(11-22)21(27)20(23-19(13)14)16(24)9-10-18(25)26/h2-8,27H,9-10H2,1H3,(H,25,26). The van der Waals surface area contributed by atoms with E-state index in [9.17, 15) is 20.0 Å². The van der Waals surface area contributed by atoms with Crippen LogP contribution in [0.5, 0.6) is 11.5 Å². The van der Waals surface area contributed by atoms with Crippen molar-refractivity contribution in [3.63, 3.8) is 0 Å². The Morgan fingerprint density at radius 2 is 1.82 bits per heavy atom. The molecule has 0 atom stereocenters. The summed E-state index contributed by atoms with van der Waals surface area (Å²) in [7, 11) is 1.53. The highest BCUT2D eigenvalue weighted by molar-refractivity contribution is 6.05. The van der Waals surface area contributed by atoms with Crippen LogP contribution in [0.25, 0.3) is 22.0 Å². The number of nitrogens with zero attached hydrogens (tertiary/aromatic N) is 2. The predicted octanol–water partition coefficient (Wildman–Crippen LogP) is 3.54. The third-order valence-electron chi connectivity index (χ3n) is 4.33. The molecule has 0 unspecified atom stereocenters. The third kappa shape index (κ3) is 3.35. The van der Waals surface area contributed by atoms with Crippen molar-refractivity contribution in [3.8, 4) is 28.7 Å². The van der Waals surface area contributed by atoms with Gasteiger partial charge in [0.1, 0.15) is 23.1 Å². The van der Waals surface area contributed by atoms with Crippen molar-refractivity contribution in [3.05, 3.63) is 53.7 Å². The number of carbonyl (C=O) groups is 2. The van der Waals surface area contributed by atoms with Gasteiger partial charge in [0, 0.05) is 22.9 Å². The van der Waals surface area contributed by atoms with E-state index in [1.807, 2.05) is 24.3 Å². The van der Waals surface area contributed by atoms with Gasteiger partial charge >= 0.3 is 5.97 Å². The molecule has 0 radical (unpaired) electrons. The molecular formula is C21H16N2O5. The highest BCUT2D eigenvalue weighted by Crippen LogP contribution is 2.37. The SMILES string of the molecule is COc1ccccc1-c1cccc2c(C#N)c(O)c(C(=O)CCC(=O)O)nc12. The van der Waals surface area contributed by atoms with Crippen LogP contribution >= 0.6 is 0 Å². The Labute approximate surface area is 160 Å². The van der Waals surface area contributed by atoms with E-state index in [0.29, 0.717) is 27.8 Å². The summed E-state index contributed by atoms with van der Waals surface area (Å²) < 4.78 is 5.40. The Morgan fingerprint density at radius 1 is 1.11 bits per heavy atom. The van der Waals surface area contributed by atoms with Crippen LogP contribution in [-0.4, -0.2) is 34.1 Å². The summed E-state index contributed by atoms with van der Waals surface area (Å²) in [5.74, 6) is -1.73. The van der Waals surface area contributed by atoms with Crippen molar-refractivity contribution < 1.29 is 24.5 Å². The van der Waals surface area contributed by atoms with Gasteiger partial charge in [0.15, 0.2) is 11.5 Å². The zero-order chi connectivity index (χ0) is 20.3. The highest BCUT2D eigenvalue weighted by Gasteiger charge is 2.22. The fourth-order valence-electron chi connectivity index (χ4n) is 3.01. The van der Waals surface area contributed by atoms with Gasteiger partial charge in [0.2, 0.25) is 0 Å². The number of aliphatic carboxylic acids is 1. The molecule has 28 heavy (non-hydrogen) atoms. The molecule has 7 heteroatoms. The maximum absolute atomic E-state index is 12.4. The smallest absolute Gasteiger partial charge is 0.303 e. The number of hydrogen-bond acceptors (Lipinski definition) is 6. The molecule has 0 spiro atoms. The summed E-state index contributed by atoms with van der Waals surface area (Å²) in [4.78, 5) is 27.5. The van der Waals surface area contributed by atoms with Gasteiger partial charge in [-0.25, -0.2) is 4.98 Å². The lowest BCUT2D eigenvalue weighted by Gasteiger charge is -2.13. The molecule has 0 amide bonds. The number of rotatable bonds is 6. The molecule has 140 valence electrons. The number of methoxy groups -OCH3 is 1. The number of para-hydroxylation sites is 2. The number of Topliss-reactive ketones (excluding diaryl/α,β-unsaturated/α-hetero) is 1. The maximum Gasteiger partial charge on any atom is 0.303 e. The number of fused-ring (bicyclic) bond motifs is 1. The Kier molecular flexibility index (Phi) is 5.23. The second kappa shape index (κ2) is 7.76. The largest absolute Gasteiger partial charge is 0.504 e. The number of ketones is 1. The van der Waals surface area contributed by atoms with Crippen LogP contribution in [0.3, 0.4) is 0 Å². The molecular weight excluding hydrogens is 360 g/mol. The van der Waals surface area contributed by atoms with E-state index < -0.39 is 23.9 Å². The number of hydrogen-bond donors (Lipinski definition) is 2.